The molecule has 0 aliphatic carbocycles. The van der Waals surface area contributed by atoms with E-state index >= 15 is 0 Å². The molecule has 0 saturated carbocycles. The molecule has 0 aromatic heterocycles. The molecular formula is C11H21NO5S2. The van der Waals surface area contributed by atoms with Gasteiger partial charge in [-0.05, 0) is 18.6 Å². The van der Waals surface area contributed by atoms with E-state index < -0.39 is 16.0 Å². The molecule has 1 N–H and O–H groups in total. The molecule has 1 atom stereocenters. The smallest absolute Gasteiger partial charge is 0.303 e. The minimum absolute atomic E-state index is 0.0231. The molecule has 1 saturated heterocycles. The van der Waals surface area contributed by atoms with Gasteiger partial charge in [-0.2, -0.15) is 16.1 Å². The molecule has 0 amide bonds. The van der Waals surface area contributed by atoms with Gasteiger partial charge in [0.1, 0.15) is 0 Å². The van der Waals surface area contributed by atoms with Crippen molar-refractivity contribution in [2.24, 2.45) is 0 Å². The summed E-state index contributed by atoms with van der Waals surface area (Å²) in [5.74, 6) is 0.709. The van der Waals surface area contributed by atoms with Gasteiger partial charge in [0, 0.05) is 31.9 Å². The van der Waals surface area contributed by atoms with Gasteiger partial charge >= 0.3 is 5.97 Å². The average Bonchev–Trinajstić information content (AvgIpc) is 2.82. The zero-order valence-electron chi connectivity index (χ0n) is 11.1. The minimum atomic E-state index is -3.40. The summed E-state index contributed by atoms with van der Waals surface area (Å²) in [6, 6.07) is 0.0231. The molecule has 0 radical (unpaired) electrons. The minimum Gasteiger partial charge on any atom is -0.481 e. The number of hydrogen-bond donors (Lipinski definition) is 1. The maximum atomic E-state index is 12.3. The van der Waals surface area contributed by atoms with Crippen LogP contribution in [0.4, 0.5) is 0 Å². The first kappa shape index (κ1) is 16.7. The Kier molecular flexibility index (Phi) is 7.12. The van der Waals surface area contributed by atoms with Gasteiger partial charge in [-0.15, -0.1) is 0 Å². The summed E-state index contributed by atoms with van der Waals surface area (Å²) >= 11 is 1.75. The highest BCUT2D eigenvalue weighted by atomic mass is 32.2. The maximum absolute atomic E-state index is 12.3. The van der Waals surface area contributed by atoms with Crippen LogP contribution in [0.2, 0.25) is 0 Å². The Morgan fingerprint density at radius 3 is 2.79 bits per heavy atom. The molecule has 1 heterocycles. The quantitative estimate of drug-likeness (QED) is 0.672. The van der Waals surface area contributed by atoms with Crippen molar-refractivity contribution in [1.82, 2.24) is 4.31 Å². The standard InChI is InChI=1S/C11H21NO5S2/c1-17-6-5-12(10-4-7-18-9-10)19(15,16)8-2-3-11(13)14/h10H,2-9H2,1H3,(H,13,14). The number of carboxylic acid groups (broad SMARTS) is 1. The second kappa shape index (κ2) is 8.08. The second-order valence-corrected chi connectivity index (χ2v) is 7.63. The lowest BCUT2D eigenvalue weighted by Crippen LogP contribution is -2.43. The van der Waals surface area contributed by atoms with Crippen LogP contribution in [0.5, 0.6) is 0 Å². The molecule has 1 aliphatic heterocycles. The Balaban J connectivity index is 2.62. The molecular weight excluding hydrogens is 290 g/mol. The van der Waals surface area contributed by atoms with Crippen LogP contribution in [0.3, 0.4) is 0 Å². The first-order valence-corrected chi connectivity index (χ1v) is 9.01. The summed E-state index contributed by atoms with van der Waals surface area (Å²) in [5.41, 5.74) is 0. The van der Waals surface area contributed by atoms with Crippen molar-refractivity contribution >= 4 is 27.8 Å². The number of carbonyl (C=O) groups is 1. The highest BCUT2D eigenvalue weighted by Crippen LogP contribution is 2.24. The van der Waals surface area contributed by atoms with Crippen LogP contribution in [-0.2, 0) is 19.6 Å². The number of aliphatic carboxylic acids is 1. The molecule has 0 aromatic rings. The highest BCUT2D eigenvalue weighted by molar-refractivity contribution is 7.99. The SMILES string of the molecule is COCCN(C1CCSC1)S(=O)(=O)CCCC(=O)O. The van der Waals surface area contributed by atoms with E-state index in [1.807, 2.05) is 0 Å². The number of carboxylic acids is 1. The predicted octanol–water partition coefficient (Wildman–Crippen LogP) is 0.635. The van der Waals surface area contributed by atoms with Crippen LogP contribution < -0.4 is 0 Å². The van der Waals surface area contributed by atoms with E-state index in [0.29, 0.717) is 13.2 Å². The van der Waals surface area contributed by atoms with Crippen LogP contribution in [0.25, 0.3) is 0 Å². The maximum Gasteiger partial charge on any atom is 0.303 e. The van der Waals surface area contributed by atoms with Crippen LogP contribution in [0.15, 0.2) is 0 Å². The molecule has 1 rings (SSSR count). The van der Waals surface area contributed by atoms with E-state index in [-0.39, 0.29) is 24.6 Å². The van der Waals surface area contributed by atoms with Crippen LogP contribution in [0.1, 0.15) is 19.3 Å². The van der Waals surface area contributed by atoms with Crippen molar-refractivity contribution in [3.63, 3.8) is 0 Å². The number of thioether (sulfide) groups is 1. The van der Waals surface area contributed by atoms with Gasteiger partial charge in [-0.3, -0.25) is 4.79 Å². The van der Waals surface area contributed by atoms with Gasteiger partial charge in [0.05, 0.1) is 12.4 Å². The molecule has 0 aromatic carbocycles. The largest absolute Gasteiger partial charge is 0.481 e. The fourth-order valence-electron chi connectivity index (χ4n) is 2.00. The second-order valence-electron chi connectivity index (χ2n) is 4.43. The van der Waals surface area contributed by atoms with E-state index in [0.717, 1.165) is 17.9 Å². The summed E-state index contributed by atoms with van der Waals surface area (Å²) < 4.78 is 31.0. The van der Waals surface area contributed by atoms with Crippen molar-refractivity contribution in [3.05, 3.63) is 0 Å². The Hall–Kier alpha value is -0.310. The van der Waals surface area contributed by atoms with Crippen LogP contribution in [0, 0.1) is 0 Å². The number of rotatable bonds is 9. The van der Waals surface area contributed by atoms with E-state index in [1.54, 1.807) is 18.9 Å². The number of ether oxygens (including phenoxy) is 1. The number of nitrogens with zero attached hydrogens (tertiary/aromatic N) is 1. The van der Waals surface area contributed by atoms with Gasteiger partial charge in [0.15, 0.2) is 0 Å². The molecule has 1 fully saturated rings. The van der Waals surface area contributed by atoms with Crippen molar-refractivity contribution in [2.75, 3.05) is 37.5 Å². The summed E-state index contributed by atoms with van der Waals surface area (Å²) in [7, 11) is -1.86. The van der Waals surface area contributed by atoms with Gasteiger partial charge < -0.3 is 9.84 Å². The van der Waals surface area contributed by atoms with Crippen LogP contribution >= 0.6 is 11.8 Å². The lowest BCUT2D eigenvalue weighted by atomic mass is 10.3. The number of sulfonamides is 1. The zero-order valence-corrected chi connectivity index (χ0v) is 12.7. The van der Waals surface area contributed by atoms with Crippen LogP contribution in [-0.4, -0.2) is 67.4 Å². The molecule has 1 aliphatic rings. The fourth-order valence-corrected chi connectivity index (χ4v) is 5.05. The monoisotopic (exact) mass is 311 g/mol. The first-order chi connectivity index (χ1) is 8.97. The van der Waals surface area contributed by atoms with Crippen molar-refractivity contribution in [3.8, 4) is 0 Å². The molecule has 112 valence electrons. The van der Waals surface area contributed by atoms with Crippen molar-refractivity contribution in [1.29, 1.82) is 0 Å². The fraction of sp³-hybridized carbons (Fsp3) is 0.909. The predicted molar refractivity (Wildman–Crippen MR) is 75.0 cm³/mol. The normalized spacial score (nSPS) is 20.0. The summed E-state index contributed by atoms with van der Waals surface area (Å²) in [5, 5.41) is 8.57. The third-order valence-electron chi connectivity index (χ3n) is 2.98. The molecule has 19 heavy (non-hydrogen) atoms. The molecule has 8 heteroatoms. The lowest BCUT2D eigenvalue weighted by Gasteiger charge is -2.27. The highest BCUT2D eigenvalue weighted by Gasteiger charge is 2.31. The zero-order chi connectivity index (χ0) is 14.3. The molecule has 6 nitrogen and oxygen atoms in total. The van der Waals surface area contributed by atoms with Gasteiger partial charge in [-0.1, -0.05) is 0 Å². The van der Waals surface area contributed by atoms with E-state index in [4.69, 9.17) is 9.84 Å². The van der Waals surface area contributed by atoms with Gasteiger partial charge in [0.25, 0.3) is 0 Å². The number of hydrogen-bond acceptors (Lipinski definition) is 5. The Bertz CT molecular complexity index is 379. The van der Waals surface area contributed by atoms with E-state index in [1.165, 1.54) is 4.31 Å². The van der Waals surface area contributed by atoms with Gasteiger partial charge in [0.2, 0.25) is 10.0 Å². The lowest BCUT2D eigenvalue weighted by molar-refractivity contribution is -0.137. The number of methoxy groups -OCH3 is 1. The summed E-state index contributed by atoms with van der Waals surface area (Å²) in [6.45, 7) is 0.705. The summed E-state index contributed by atoms with van der Waals surface area (Å²) in [4.78, 5) is 10.5. The topological polar surface area (TPSA) is 83.9 Å². The van der Waals surface area contributed by atoms with E-state index in [2.05, 4.69) is 0 Å². The molecule has 0 spiro atoms. The average molecular weight is 311 g/mol. The van der Waals surface area contributed by atoms with Crippen molar-refractivity contribution in [2.45, 2.75) is 25.3 Å². The Labute approximate surface area is 118 Å². The Morgan fingerprint density at radius 1 is 1.53 bits per heavy atom. The molecule has 0 bridgehead atoms. The Morgan fingerprint density at radius 2 is 2.26 bits per heavy atom. The third kappa shape index (κ3) is 5.68. The third-order valence-corrected chi connectivity index (χ3v) is 6.12. The summed E-state index contributed by atoms with van der Waals surface area (Å²) in [6.07, 6.45) is 0.893. The van der Waals surface area contributed by atoms with Crippen molar-refractivity contribution < 1.29 is 23.1 Å². The first-order valence-electron chi connectivity index (χ1n) is 6.25. The molecule has 1 unspecified atom stereocenters. The van der Waals surface area contributed by atoms with Gasteiger partial charge in [-0.25, -0.2) is 8.42 Å². The van der Waals surface area contributed by atoms with E-state index in [9.17, 15) is 13.2 Å².